The molecule has 4 nitrogen and oxygen atoms in total. The largest absolute Gasteiger partial charge is 0.381 e. The summed E-state index contributed by atoms with van der Waals surface area (Å²) in [6, 6.07) is 0.315. The first-order chi connectivity index (χ1) is 8.79. The molecule has 18 heavy (non-hydrogen) atoms. The van der Waals surface area contributed by atoms with E-state index in [1.165, 1.54) is 19.4 Å². The number of rotatable bonds is 5. The first kappa shape index (κ1) is 14.3. The fourth-order valence-corrected chi connectivity index (χ4v) is 2.93. The molecule has 4 heteroatoms. The Bertz CT molecular complexity index is 238. The zero-order valence-corrected chi connectivity index (χ0v) is 11.6. The standard InChI is InChI=1S/C14H28N2O2/c1-2-7-18-13-4-3-6-16(10-13)9-12-11-17-8-5-14(12)15/h12-14H,2-11,15H2,1H3. The van der Waals surface area contributed by atoms with E-state index in [1.807, 2.05) is 0 Å². The molecular weight excluding hydrogens is 228 g/mol. The van der Waals surface area contributed by atoms with Crippen LogP contribution < -0.4 is 5.73 Å². The second kappa shape index (κ2) is 7.43. The van der Waals surface area contributed by atoms with Crippen molar-refractivity contribution in [2.75, 3.05) is 39.5 Å². The highest BCUT2D eigenvalue weighted by molar-refractivity contribution is 4.82. The second-order valence-corrected chi connectivity index (χ2v) is 5.68. The summed E-state index contributed by atoms with van der Waals surface area (Å²) in [6.45, 7) is 8.06. The number of piperidine rings is 1. The minimum atomic E-state index is 0.315. The number of likely N-dealkylation sites (tertiary alicyclic amines) is 1. The van der Waals surface area contributed by atoms with E-state index in [0.29, 0.717) is 18.1 Å². The van der Waals surface area contributed by atoms with Crippen LogP contribution >= 0.6 is 0 Å². The summed E-state index contributed by atoms with van der Waals surface area (Å²) in [7, 11) is 0. The van der Waals surface area contributed by atoms with Gasteiger partial charge in [0.2, 0.25) is 0 Å². The summed E-state index contributed by atoms with van der Waals surface area (Å²) in [5, 5.41) is 0. The van der Waals surface area contributed by atoms with Crippen LogP contribution in [0.3, 0.4) is 0 Å². The maximum atomic E-state index is 6.17. The SMILES string of the molecule is CCCOC1CCCN(CC2COCCC2N)C1. The third-order valence-corrected chi connectivity index (χ3v) is 4.05. The molecule has 2 saturated heterocycles. The average molecular weight is 256 g/mol. The molecule has 2 heterocycles. The molecule has 2 rings (SSSR count). The molecule has 0 aromatic rings. The van der Waals surface area contributed by atoms with Gasteiger partial charge in [-0.05, 0) is 32.2 Å². The molecule has 0 spiro atoms. The molecule has 2 N–H and O–H groups in total. The van der Waals surface area contributed by atoms with Crippen LogP contribution in [-0.2, 0) is 9.47 Å². The maximum absolute atomic E-state index is 6.17. The van der Waals surface area contributed by atoms with Gasteiger partial charge in [0.1, 0.15) is 0 Å². The predicted molar refractivity (Wildman–Crippen MR) is 72.6 cm³/mol. The molecule has 0 radical (unpaired) electrons. The van der Waals surface area contributed by atoms with Gasteiger partial charge in [0, 0.05) is 38.3 Å². The van der Waals surface area contributed by atoms with Crippen LogP contribution in [0.25, 0.3) is 0 Å². The summed E-state index contributed by atoms with van der Waals surface area (Å²) in [4.78, 5) is 2.52. The average Bonchev–Trinajstić information content (AvgIpc) is 2.40. The van der Waals surface area contributed by atoms with E-state index >= 15 is 0 Å². The minimum Gasteiger partial charge on any atom is -0.381 e. The fraction of sp³-hybridized carbons (Fsp3) is 1.00. The number of nitrogens with two attached hydrogens (primary N) is 1. The highest BCUT2D eigenvalue weighted by atomic mass is 16.5. The smallest absolute Gasteiger partial charge is 0.0702 e. The molecule has 3 unspecified atom stereocenters. The summed E-state index contributed by atoms with van der Waals surface area (Å²) in [6.07, 6.45) is 5.01. The lowest BCUT2D eigenvalue weighted by molar-refractivity contribution is -0.0202. The van der Waals surface area contributed by atoms with Gasteiger partial charge in [-0.3, -0.25) is 0 Å². The van der Waals surface area contributed by atoms with Crippen molar-refractivity contribution in [3.05, 3.63) is 0 Å². The maximum Gasteiger partial charge on any atom is 0.0702 e. The Hall–Kier alpha value is -0.160. The van der Waals surface area contributed by atoms with Crippen molar-refractivity contribution in [2.24, 2.45) is 11.7 Å². The monoisotopic (exact) mass is 256 g/mol. The van der Waals surface area contributed by atoms with Crippen LogP contribution in [0.15, 0.2) is 0 Å². The van der Waals surface area contributed by atoms with Gasteiger partial charge < -0.3 is 20.1 Å². The van der Waals surface area contributed by atoms with E-state index in [-0.39, 0.29) is 0 Å². The van der Waals surface area contributed by atoms with Crippen LogP contribution in [0.1, 0.15) is 32.6 Å². The quantitative estimate of drug-likeness (QED) is 0.804. The highest BCUT2D eigenvalue weighted by Crippen LogP contribution is 2.19. The summed E-state index contributed by atoms with van der Waals surface area (Å²) in [5.41, 5.74) is 6.17. The van der Waals surface area contributed by atoms with E-state index in [2.05, 4.69) is 11.8 Å². The van der Waals surface area contributed by atoms with Gasteiger partial charge in [0.05, 0.1) is 12.7 Å². The Morgan fingerprint density at radius 1 is 1.39 bits per heavy atom. The van der Waals surface area contributed by atoms with Gasteiger partial charge in [0.15, 0.2) is 0 Å². The lowest BCUT2D eigenvalue weighted by Crippen LogP contribution is -2.48. The summed E-state index contributed by atoms with van der Waals surface area (Å²) in [5.74, 6) is 0.503. The van der Waals surface area contributed by atoms with Gasteiger partial charge in [-0.15, -0.1) is 0 Å². The lowest BCUT2D eigenvalue weighted by Gasteiger charge is -2.37. The zero-order chi connectivity index (χ0) is 12.8. The van der Waals surface area contributed by atoms with E-state index in [1.54, 1.807) is 0 Å². The zero-order valence-electron chi connectivity index (χ0n) is 11.6. The van der Waals surface area contributed by atoms with Gasteiger partial charge >= 0.3 is 0 Å². The van der Waals surface area contributed by atoms with Gasteiger partial charge in [-0.1, -0.05) is 6.92 Å². The molecule has 3 atom stereocenters. The summed E-state index contributed by atoms with van der Waals surface area (Å²) < 4.78 is 11.4. The molecule has 2 aliphatic rings. The van der Waals surface area contributed by atoms with Crippen LogP contribution in [0.5, 0.6) is 0 Å². The Morgan fingerprint density at radius 3 is 3.06 bits per heavy atom. The second-order valence-electron chi connectivity index (χ2n) is 5.68. The van der Waals surface area contributed by atoms with Crippen molar-refractivity contribution in [2.45, 2.75) is 44.8 Å². The van der Waals surface area contributed by atoms with Gasteiger partial charge in [0.25, 0.3) is 0 Å². The number of hydrogen-bond donors (Lipinski definition) is 1. The Labute approximate surface area is 111 Å². The third-order valence-electron chi connectivity index (χ3n) is 4.05. The van der Waals surface area contributed by atoms with E-state index in [4.69, 9.17) is 15.2 Å². The molecule has 0 bridgehead atoms. The van der Waals surface area contributed by atoms with Gasteiger partial charge in [-0.25, -0.2) is 0 Å². The highest BCUT2D eigenvalue weighted by Gasteiger charge is 2.27. The number of ether oxygens (including phenoxy) is 2. The lowest BCUT2D eigenvalue weighted by atomic mass is 9.95. The van der Waals surface area contributed by atoms with E-state index in [0.717, 1.165) is 45.8 Å². The Kier molecular flexibility index (Phi) is 5.89. The number of nitrogens with zero attached hydrogens (tertiary/aromatic N) is 1. The molecule has 0 aromatic heterocycles. The van der Waals surface area contributed by atoms with Crippen molar-refractivity contribution < 1.29 is 9.47 Å². The molecule has 2 aliphatic heterocycles. The minimum absolute atomic E-state index is 0.315. The van der Waals surface area contributed by atoms with E-state index < -0.39 is 0 Å². The van der Waals surface area contributed by atoms with Crippen LogP contribution in [0, 0.1) is 5.92 Å². The predicted octanol–water partition coefficient (Wildman–Crippen LogP) is 1.24. The van der Waals surface area contributed by atoms with E-state index in [9.17, 15) is 0 Å². The van der Waals surface area contributed by atoms with Crippen molar-refractivity contribution in [1.29, 1.82) is 0 Å². The third kappa shape index (κ3) is 4.19. The van der Waals surface area contributed by atoms with Crippen molar-refractivity contribution in [3.8, 4) is 0 Å². The Morgan fingerprint density at radius 2 is 2.28 bits per heavy atom. The van der Waals surface area contributed by atoms with Gasteiger partial charge in [-0.2, -0.15) is 0 Å². The molecule has 0 aromatic carbocycles. The molecule has 0 saturated carbocycles. The van der Waals surface area contributed by atoms with Crippen molar-refractivity contribution in [3.63, 3.8) is 0 Å². The fourth-order valence-electron chi connectivity index (χ4n) is 2.93. The first-order valence-electron chi connectivity index (χ1n) is 7.47. The topological polar surface area (TPSA) is 47.7 Å². The Balaban J connectivity index is 1.74. The van der Waals surface area contributed by atoms with Crippen molar-refractivity contribution in [1.82, 2.24) is 4.90 Å². The van der Waals surface area contributed by atoms with Crippen LogP contribution in [0.4, 0.5) is 0 Å². The number of hydrogen-bond acceptors (Lipinski definition) is 4. The molecule has 0 amide bonds. The molecular formula is C14H28N2O2. The first-order valence-corrected chi connectivity index (χ1v) is 7.47. The molecule has 0 aliphatic carbocycles. The normalized spacial score (nSPS) is 34.7. The van der Waals surface area contributed by atoms with Crippen LogP contribution in [-0.4, -0.2) is 56.5 Å². The van der Waals surface area contributed by atoms with Crippen molar-refractivity contribution >= 4 is 0 Å². The summed E-state index contributed by atoms with van der Waals surface area (Å²) >= 11 is 0. The molecule has 106 valence electrons. The molecule has 2 fully saturated rings. The van der Waals surface area contributed by atoms with Crippen LogP contribution in [0.2, 0.25) is 0 Å².